The first-order chi connectivity index (χ1) is 11.0. The lowest BCUT2D eigenvalue weighted by molar-refractivity contribution is -0.122. The summed E-state index contributed by atoms with van der Waals surface area (Å²) in [6, 6.07) is 0.342. The molecule has 24 heavy (non-hydrogen) atoms. The molecule has 1 aromatic heterocycles. The summed E-state index contributed by atoms with van der Waals surface area (Å²) in [4.78, 5) is 24.0. The van der Waals surface area contributed by atoms with E-state index in [9.17, 15) is 9.59 Å². The molecule has 0 aliphatic heterocycles. The van der Waals surface area contributed by atoms with Gasteiger partial charge < -0.3 is 16.4 Å². The molecule has 7 nitrogen and oxygen atoms in total. The molecule has 0 aromatic carbocycles. The zero-order chi connectivity index (χ0) is 16.7. The lowest BCUT2D eigenvalue weighted by atomic mass is 9.95. The van der Waals surface area contributed by atoms with Crippen LogP contribution in [0.2, 0.25) is 0 Å². The van der Waals surface area contributed by atoms with Crippen LogP contribution in [0.3, 0.4) is 0 Å². The van der Waals surface area contributed by atoms with Gasteiger partial charge in [-0.15, -0.1) is 12.4 Å². The first kappa shape index (κ1) is 20.4. The molecular formula is C16H28ClN5O2. The third kappa shape index (κ3) is 6.88. The third-order valence-corrected chi connectivity index (χ3v) is 4.06. The van der Waals surface area contributed by atoms with Crippen molar-refractivity contribution in [3.05, 3.63) is 18.0 Å². The Balaban J connectivity index is 0.00000288. The number of carbonyl (C=O) groups is 2. The van der Waals surface area contributed by atoms with Gasteiger partial charge in [-0.05, 0) is 26.2 Å². The van der Waals surface area contributed by atoms with Crippen LogP contribution in [0.4, 0.5) is 0 Å². The topological polar surface area (TPSA) is 102 Å². The zero-order valence-electron chi connectivity index (χ0n) is 14.2. The molecule has 1 unspecified atom stereocenters. The summed E-state index contributed by atoms with van der Waals surface area (Å²) in [5.41, 5.74) is 6.10. The van der Waals surface area contributed by atoms with Crippen LogP contribution < -0.4 is 16.4 Å². The normalized spacial score (nSPS) is 16.1. The standard InChI is InChI=1S/C16H27N5O2.ClH/c1-12(17)7-8-18-16(23)13-9-19-21(10-13)11-15(22)20-14-5-3-2-4-6-14;/h9-10,12,14H,2-8,11,17H2,1H3,(H,18,23)(H,20,22);1H. The zero-order valence-corrected chi connectivity index (χ0v) is 15.0. The van der Waals surface area contributed by atoms with Gasteiger partial charge >= 0.3 is 0 Å². The van der Waals surface area contributed by atoms with Crippen LogP contribution >= 0.6 is 12.4 Å². The lowest BCUT2D eigenvalue weighted by Crippen LogP contribution is -2.38. The maximum absolute atomic E-state index is 12.0. The summed E-state index contributed by atoms with van der Waals surface area (Å²) in [6.45, 7) is 2.57. The highest BCUT2D eigenvalue weighted by molar-refractivity contribution is 5.93. The molecule has 1 aliphatic carbocycles. The average Bonchev–Trinajstić information content (AvgIpc) is 2.96. The van der Waals surface area contributed by atoms with E-state index >= 15 is 0 Å². The average molecular weight is 358 g/mol. The van der Waals surface area contributed by atoms with Crippen LogP contribution in [-0.4, -0.2) is 40.2 Å². The molecular weight excluding hydrogens is 330 g/mol. The van der Waals surface area contributed by atoms with Gasteiger partial charge in [-0.25, -0.2) is 0 Å². The van der Waals surface area contributed by atoms with Crippen molar-refractivity contribution in [1.29, 1.82) is 0 Å². The molecule has 1 fully saturated rings. The third-order valence-electron chi connectivity index (χ3n) is 4.06. The van der Waals surface area contributed by atoms with Crippen molar-refractivity contribution >= 4 is 24.2 Å². The van der Waals surface area contributed by atoms with Gasteiger partial charge in [0.05, 0.1) is 11.8 Å². The number of amides is 2. The van der Waals surface area contributed by atoms with Crippen molar-refractivity contribution in [3.8, 4) is 0 Å². The molecule has 0 radical (unpaired) electrons. The Labute approximate surface area is 149 Å². The molecule has 1 aromatic rings. The predicted octanol–water partition coefficient (Wildman–Crippen LogP) is 1.22. The number of nitrogens with one attached hydrogen (secondary N) is 2. The summed E-state index contributed by atoms with van der Waals surface area (Å²) < 4.78 is 1.50. The first-order valence-electron chi connectivity index (χ1n) is 8.40. The van der Waals surface area contributed by atoms with Crippen LogP contribution in [-0.2, 0) is 11.3 Å². The molecule has 0 saturated heterocycles. The molecule has 0 bridgehead atoms. The van der Waals surface area contributed by atoms with E-state index in [-0.39, 0.29) is 42.8 Å². The van der Waals surface area contributed by atoms with Gasteiger partial charge in [0.2, 0.25) is 5.91 Å². The summed E-state index contributed by atoms with van der Waals surface area (Å²) >= 11 is 0. The van der Waals surface area contributed by atoms with E-state index in [0.717, 1.165) is 19.3 Å². The fourth-order valence-electron chi connectivity index (χ4n) is 2.75. The van der Waals surface area contributed by atoms with E-state index in [2.05, 4.69) is 15.7 Å². The second-order valence-corrected chi connectivity index (χ2v) is 6.35. The number of hydrogen-bond acceptors (Lipinski definition) is 4. The van der Waals surface area contributed by atoms with Crippen LogP contribution in [0.1, 0.15) is 55.8 Å². The molecule has 136 valence electrons. The van der Waals surface area contributed by atoms with Crippen molar-refractivity contribution in [1.82, 2.24) is 20.4 Å². The van der Waals surface area contributed by atoms with Crippen LogP contribution in [0.25, 0.3) is 0 Å². The van der Waals surface area contributed by atoms with Gasteiger partial charge in [0.25, 0.3) is 5.91 Å². The van der Waals surface area contributed by atoms with Gasteiger partial charge in [0, 0.05) is 24.8 Å². The number of halogens is 1. The maximum Gasteiger partial charge on any atom is 0.254 e. The summed E-state index contributed by atoms with van der Waals surface area (Å²) in [5, 5.41) is 9.91. The Kier molecular flexibility index (Phi) is 8.78. The number of carbonyl (C=O) groups excluding carboxylic acids is 2. The van der Waals surface area contributed by atoms with Crippen LogP contribution in [0.15, 0.2) is 12.4 Å². The van der Waals surface area contributed by atoms with E-state index < -0.39 is 0 Å². The van der Waals surface area contributed by atoms with Crippen LogP contribution in [0, 0.1) is 0 Å². The minimum absolute atomic E-state index is 0. The van der Waals surface area contributed by atoms with E-state index in [1.54, 1.807) is 6.20 Å². The monoisotopic (exact) mass is 357 g/mol. The van der Waals surface area contributed by atoms with Gasteiger partial charge in [0.15, 0.2) is 0 Å². The van der Waals surface area contributed by atoms with Crippen molar-refractivity contribution in [2.45, 2.75) is 64.1 Å². The van der Waals surface area contributed by atoms with E-state index in [0.29, 0.717) is 12.1 Å². The number of nitrogens with two attached hydrogens (primary N) is 1. The molecule has 8 heteroatoms. The smallest absolute Gasteiger partial charge is 0.254 e. The van der Waals surface area contributed by atoms with Gasteiger partial charge in [-0.1, -0.05) is 19.3 Å². The largest absolute Gasteiger partial charge is 0.352 e. The number of hydrogen-bond donors (Lipinski definition) is 3. The highest BCUT2D eigenvalue weighted by atomic mass is 35.5. The molecule has 2 amide bonds. The van der Waals surface area contributed by atoms with Crippen molar-refractivity contribution < 1.29 is 9.59 Å². The Morgan fingerprint density at radius 2 is 2.08 bits per heavy atom. The Hall–Kier alpha value is -1.60. The van der Waals surface area contributed by atoms with Gasteiger partial charge in [-0.2, -0.15) is 5.10 Å². The summed E-state index contributed by atoms with van der Waals surface area (Å²) in [6.07, 6.45) is 9.53. The Bertz CT molecular complexity index is 526. The fraction of sp³-hybridized carbons (Fsp3) is 0.688. The molecule has 1 atom stereocenters. The molecule has 1 saturated carbocycles. The number of nitrogens with zero attached hydrogens (tertiary/aromatic N) is 2. The molecule has 1 aliphatic rings. The molecule has 0 spiro atoms. The van der Waals surface area contributed by atoms with Gasteiger partial charge in [0.1, 0.15) is 6.54 Å². The van der Waals surface area contributed by atoms with Gasteiger partial charge in [-0.3, -0.25) is 14.3 Å². The molecule has 4 N–H and O–H groups in total. The van der Waals surface area contributed by atoms with E-state index in [4.69, 9.17) is 5.73 Å². The molecule has 2 rings (SSSR count). The van der Waals surface area contributed by atoms with E-state index in [1.807, 2.05) is 6.92 Å². The SMILES string of the molecule is CC(N)CCNC(=O)c1cnn(CC(=O)NC2CCCCC2)c1.Cl. The minimum Gasteiger partial charge on any atom is -0.352 e. The maximum atomic E-state index is 12.0. The highest BCUT2D eigenvalue weighted by Gasteiger charge is 2.16. The van der Waals surface area contributed by atoms with Crippen molar-refractivity contribution in [3.63, 3.8) is 0 Å². The van der Waals surface area contributed by atoms with Crippen LogP contribution in [0.5, 0.6) is 0 Å². The second-order valence-electron chi connectivity index (χ2n) is 6.35. The Morgan fingerprint density at radius 1 is 1.38 bits per heavy atom. The lowest BCUT2D eigenvalue weighted by Gasteiger charge is -2.22. The Morgan fingerprint density at radius 3 is 2.75 bits per heavy atom. The summed E-state index contributed by atoms with van der Waals surface area (Å²) in [5.74, 6) is -0.242. The van der Waals surface area contributed by atoms with Crippen molar-refractivity contribution in [2.75, 3.05) is 6.54 Å². The second kappa shape index (κ2) is 10.3. The number of aromatic nitrogens is 2. The fourth-order valence-corrected chi connectivity index (χ4v) is 2.75. The van der Waals surface area contributed by atoms with Crippen molar-refractivity contribution in [2.24, 2.45) is 5.73 Å². The quantitative estimate of drug-likeness (QED) is 0.682. The summed E-state index contributed by atoms with van der Waals surface area (Å²) in [7, 11) is 0. The first-order valence-corrected chi connectivity index (χ1v) is 8.40. The van der Waals surface area contributed by atoms with E-state index in [1.165, 1.54) is 30.1 Å². The highest BCUT2D eigenvalue weighted by Crippen LogP contribution is 2.17. The number of rotatable bonds is 7. The predicted molar refractivity (Wildman–Crippen MR) is 95.1 cm³/mol. The molecule has 1 heterocycles. The minimum atomic E-state index is -0.190.